The van der Waals surface area contributed by atoms with Crippen LogP contribution in [-0.4, -0.2) is 16.6 Å². The van der Waals surface area contributed by atoms with Crippen molar-refractivity contribution in [3.8, 4) is 0 Å². The molecule has 21 heavy (non-hydrogen) atoms. The van der Waals surface area contributed by atoms with Gasteiger partial charge in [-0.2, -0.15) is 0 Å². The van der Waals surface area contributed by atoms with Crippen LogP contribution >= 0.6 is 0 Å². The average Bonchev–Trinajstić information content (AvgIpc) is 2.35. The van der Waals surface area contributed by atoms with Gasteiger partial charge >= 0.3 is 5.97 Å². The molecule has 4 heteroatoms. The highest BCUT2D eigenvalue weighted by atomic mass is 16.4. The number of benzene rings is 1. The molecule has 4 saturated carbocycles. The Morgan fingerprint density at radius 3 is 2.24 bits per heavy atom. The smallest absolute Gasteiger partial charge is 0.337 e. The number of nitrogen functional groups attached to an aromatic ring is 1. The molecular formula is C17H22N2O2. The zero-order chi connectivity index (χ0) is 14.6. The van der Waals surface area contributed by atoms with Crippen LogP contribution < -0.4 is 11.1 Å². The van der Waals surface area contributed by atoms with Gasteiger partial charge < -0.3 is 16.2 Å². The molecule has 0 radical (unpaired) electrons. The number of carboxylic acids is 1. The van der Waals surface area contributed by atoms with Crippen molar-refractivity contribution in [2.75, 3.05) is 11.1 Å². The Kier molecular flexibility index (Phi) is 2.72. The zero-order valence-corrected chi connectivity index (χ0v) is 12.1. The van der Waals surface area contributed by atoms with E-state index in [4.69, 9.17) is 5.73 Å². The number of anilines is 2. The minimum atomic E-state index is -0.887. The summed E-state index contributed by atoms with van der Waals surface area (Å²) in [5.74, 6) is 1.61. The summed E-state index contributed by atoms with van der Waals surface area (Å²) < 4.78 is 0. The van der Waals surface area contributed by atoms with Gasteiger partial charge in [-0.15, -0.1) is 0 Å². The van der Waals surface area contributed by atoms with E-state index in [1.54, 1.807) is 18.2 Å². The number of hydrogen-bond donors (Lipinski definition) is 3. The largest absolute Gasteiger partial charge is 0.478 e. The van der Waals surface area contributed by atoms with Crippen LogP contribution in [0.25, 0.3) is 0 Å². The molecule has 4 nitrogen and oxygen atoms in total. The molecule has 4 bridgehead atoms. The molecule has 1 aromatic rings. The van der Waals surface area contributed by atoms with E-state index < -0.39 is 5.97 Å². The maximum absolute atomic E-state index is 11.4. The summed E-state index contributed by atoms with van der Waals surface area (Å²) in [6, 6.07) is 5.05. The second kappa shape index (κ2) is 4.39. The monoisotopic (exact) mass is 286 g/mol. The van der Waals surface area contributed by atoms with Crippen LogP contribution in [0, 0.1) is 17.8 Å². The number of hydrogen-bond acceptors (Lipinski definition) is 3. The van der Waals surface area contributed by atoms with E-state index in [0.717, 1.165) is 17.8 Å². The lowest BCUT2D eigenvalue weighted by Crippen LogP contribution is -2.54. The summed E-state index contributed by atoms with van der Waals surface area (Å²) in [6.45, 7) is 0. The number of nitrogens with two attached hydrogens (primary N) is 1. The van der Waals surface area contributed by atoms with Crippen molar-refractivity contribution < 1.29 is 9.90 Å². The van der Waals surface area contributed by atoms with Crippen molar-refractivity contribution in [1.82, 2.24) is 0 Å². The van der Waals surface area contributed by atoms with Crippen LogP contribution in [-0.2, 0) is 0 Å². The van der Waals surface area contributed by atoms with E-state index in [9.17, 15) is 9.90 Å². The Morgan fingerprint density at radius 1 is 1.14 bits per heavy atom. The SMILES string of the molecule is Nc1ccc(C(=O)O)c(NC23CC4CC(CC(C4)C2)C3)c1. The molecule has 4 aliphatic carbocycles. The molecule has 112 valence electrons. The molecule has 1 aromatic carbocycles. The minimum absolute atomic E-state index is 0.104. The highest BCUT2D eigenvalue weighted by Gasteiger charge is 2.51. The number of nitrogens with one attached hydrogen (secondary N) is 1. The van der Waals surface area contributed by atoms with Gasteiger partial charge in [0.05, 0.1) is 11.3 Å². The maximum Gasteiger partial charge on any atom is 0.337 e. The average molecular weight is 286 g/mol. The van der Waals surface area contributed by atoms with Crippen molar-refractivity contribution in [2.45, 2.75) is 44.1 Å². The van der Waals surface area contributed by atoms with E-state index in [2.05, 4.69) is 5.32 Å². The van der Waals surface area contributed by atoms with Crippen molar-refractivity contribution in [2.24, 2.45) is 17.8 Å². The summed E-state index contributed by atoms with van der Waals surface area (Å²) in [4.78, 5) is 11.4. The van der Waals surface area contributed by atoms with Crippen molar-refractivity contribution in [1.29, 1.82) is 0 Å². The first kappa shape index (κ1) is 13.0. The normalized spacial score (nSPS) is 36.7. The Balaban J connectivity index is 1.67. The van der Waals surface area contributed by atoms with Crippen LogP contribution in [0.4, 0.5) is 11.4 Å². The molecular weight excluding hydrogens is 264 g/mol. The molecule has 0 unspecified atom stereocenters. The first-order valence-corrected chi connectivity index (χ1v) is 7.94. The molecule has 0 spiro atoms. The summed E-state index contributed by atoms with van der Waals surface area (Å²) in [5.41, 5.74) is 7.62. The fraction of sp³-hybridized carbons (Fsp3) is 0.588. The lowest BCUT2D eigenvalue weighted by molar-refractivity contribution is 0.0107. The second-order valence-corrected chi connectivity index (χ2v) is 7.43. The fourth-order valence-electron chi connectivity index (χ4n) is 5.40. The number of rotatable bonds is 3. The van der Waals surface area contributed by atoms with E-state index >= 15 is 0 Å². The lowest BCUT2D eigenvalue weighted by atomic mass is 9.53. The van der Waals surface area contributed by atoms with Crippen LogP contribution in [0.5, 0.6) is 0 Å². The minimum Gasteiger partial charge on any atom is -0.478 e. The predicted molar refractivity (Wildman–Crippen MR) is 82.3 cm³/mol. The van der Waals surface area contributed by atoms with Crippen LogP contribution in [0.3, 0.4) is 0 Å². The van der Waals surface area contributed by atoms with Gasteiger partial charge in [-0.25, -0.2) is 4.79 Å². The summed E-state index contributed by atoms with van der Waals surface area (Å²) in [7, 11) is 0. The quantitative estimate of drug-likeness (QED) is 0.745. The molecule has 5 rings (SSSR count). The molecule has 4 aliphatic rings. The van der Waals surface area contributed by atoms with Gasteiger partial charge in [-0.05, 0) is 74.5 Å². The Hall–Kier alpha value is -1.71. The fourth-order valence-corrected chi connectivity index (χ4v) is 5.40. The van der Waals surface area contributed by atoms with Crippen LogP contribution in [0.1, 0.15) is 48.9 Å². The predicted octanol–water partition coefficient (Wildman–Crippen LogP) is 3.35. The van der Waals surface area contributed by atoms with Crippen LogP contribution in [0.15, 0.2) is 18.2 Å². The third-order valence-corrected chi connectivity index (χ3v) is 5.71. The van der Waals surface area contributed by atoms with Gasteiger partial charge in [-0.3, -0.25) is 0 Å². The van der Waals surface area contributed by atoms with Crippen LogP contribution in [0.2, 0.25) is 0 Å². The van der Waals surface area contributed by atoms with Gasteiger partial charge in [0.2, 0.25) is 0 Å². The maximum atomic E-state index is 11.4. The molecule has 4 fully saturated rings. The highest BCUT2D eigenvalue weighted by Crippen LogP contribution is 2.56. The van der Waals surface area contributed by atoms with Gasteiger partial charge in [0.1, 0.15) is 0 Å². The third-order valence-electron chi connectivity index (χ3n) is 5.71. The third kappa shape index (κ3) is 2.17. The Bertz CT molecular complexity index is 561. The van der Waals surface area contributed by atoms with Gasteiger partial charge in [0.15, 0.2) is 0 Å². The van der Waals surface area contributed by atoms with Gasteiger partial charge in [0, 0.05) is 11.2 Å². The van der Waals surface area contributed by atoms with Gasteiger partial charge in [-0.1, -0.05) is 0 Å². The molecule has 0 heterocycles. The topological polar surface area (TPSA) is 75.4 Å². The first-order valence-electron chi connectivity index (χ1n) is 7.94. The summed E-state index contributed by atoms with van der Waals surface area (Å²) in [5, 5.41) is 13.0. The first-order chi connectivity index (χ1) is 10.0. The molecule has 0 atom stereocenters. The van der Waals surface area contributed by atoms with Crippen molar-refractivity contribution in [3.63, 3.8) is 0 Å². The molecule has 0 aliphatic heterocycles. The molecule has 0 saturated heterocycles. The number of carboxylic acid groups (broad SMARTS) is 1. The Morgan fingerprint density at radius 2 is 1.71 bits per heavy atom. The van der Waals surface area contributed by atoms with Crippen molar-refractivity contribution >= 4 is 17.3 Å². The van der Waals surface area contributed by atoms with E-state index in [0.29, 0.717) is 16.9 Å². The van der Waals surface area contributed by atoms with Gasteiger partial charge in [0.25, 0.3) is 0 Å². The zero-order valence-electron chi connectivity index (χ0n) is 12.1. The highest BCUT2D eigenvalue weighted by molar-refractivity contribution is 5.95. The standard InChI is InChI=1S/C17H22N2O2/c18-13-1-2-14(16(20)21)15(6-13)19-17-7-10-3-11(8-17)5-12(4-10)9-17/h1-2,6,10-12,19H,3-5,7-9,18H2,(H,20,21). The van der Waals surface area contributed by atoms with E-state index in [1.807, 2.05) is 0 Å². The molecule has 0 aromatic heterocycles. The number of carbonyl (C=O) groups is 1. The molecule has 4 N–H and O–H groups in total. The second-order valence-electron chi connectivity index (χ2n) is 7.43. The summed E-state index contributed by atoms with van der Waals surface area (Å²) in [6.07, 6.45) is 7.70. The summed E-state index contributed by atoms with van der Waals surface area (Å²) >= 11 is 0. The molecule has 0 amide bonds. The number of aromatic carboxylic acids is 1. The lowest BCUT2D eigenvalue weighted by Gasteiger charge is -2.57. The van der Waals surface area contributed by atoms with Crippen molar-refractivity contribution in [3.05, 3.63) is 23.8 Å². The Labute approximate surface area is 124 Å². The van der Waals surface area contributed by atoms with E-state index in [-0.39, 0.29) is 5.54 Å². The van der Waals surface area contributed by atoms with E-state index in [1.165, 1.54) is 38.5 Å².